The first kappa shape index (κ1) is 31.1. The van der Waals surface area contributed by atoms with Crippen LogP contribution in [0.3, 0.4) is 0 Å². The summed E-state index contributed by atoms with van der Waals surface area (Å²) >= 11 is 0. The van der Waals surface area contributed by atoms with Gasteiger partial charge in [0.1, 0.15) is 0 Å². The molecule has 3 rings (SSSR count). The van der Waals surface area contributed by atoms with Gasteiger partial charge in [-0.15, -0.1) is 0 Å². The molecule has 0 aliphatic heterocycles. The Hall–Kier alpha value is -4.42. The molecule has 3 aromatic rings. The van der Waals surface area contributed by atoms with Crippen molar-refractivity contribution >= 4 is 17.9 Å². The fraction of sp³-hybridized carbons (Fsp3) is 0.286. The van der Waals surface area contributed by atoms with Crippen molar-refractivity contribution in [3.63, 3.8) is 0 Å². The number of rotatable bonds is 8. The molecular weight excluding hydrogens is 560 g/mol. The Kier molecular flexibility index (Phi) is 9.41. The van der Waals surface area contributed by atoms with Gasteiger partial charge >= 0.3 is 30.3 Å². The van der Waals surface area contributed by atoms with Gasteiger partial charge in [-0.05, 0) is 56.2 Å². The van der Waals surface area contributed by atoms with E-state index < -0.39 is 70.5 Å². The Morgan fingerprint density at radius 1 is 0.610 bits per heavy atom. The predicted octanol–water partition coefficient (Wildman–Crippen LogP) is 6.98. The van der Waals surface area contributed by atoms with Crippen LogP contribution in [0.25, 0.3) is 22.3 Å². The Bertz CT molecular complexity index is 1430. The van der Waals surface area contributed by atoms with Crippen LogP contribution >= 0.6 is 0 Å². The number of carbonyl (C=O) groups excluding carboxylic acids is 3. The highest BCUT2D eigenvalue weighted by Gasteiger charge is 2.46. The lowest BCUT2D eigenvalue weighted by molar-refractivity contribution is -0.144. The number of benzene rings is 2. The van der Waals surface area contributed by atoms with Crippen molar-refractivity contribution in [2.45, 2.75) is 33.1 Å². The molecule has 0 aliphatic rings. The molecule has 218 valence electrons. The quantitative estimate of drug-likeness (QED) is 0.160. The van der Waals surface area contributed by atoms with Crippen LogP contribution in [0.5, 0.6) is 0 Å². The van der Waals surface area contributed by atoms with Crippen molar-refractivity contribution in [3.05, 3.63) is 76.6 Å². The molecule has 0 bridgehead atoms. The van der Waals surface area contributed by atoms with Gasteiger partial charge in [0.05, 0.1) is 36.5 Å². The van der Waals surface area contributed by atoms with Crippen LogP contribution in [0.15, 0.2) is 48.5 Å². The molecule has 1 heterocycles. The maximum atomic E-state index is 14.6. The SMILES string of the molecule is CCOC(=O)c1ccc(-c2c(C(F)(F)F)nc(C(=O)OCC)c(C(F)(F)F)c2-c2ccc(C(=O)OCC)cc2)cc1. The number of hydrogen-bond acceptors (Lipinski definition) is 7. The van der Waals surface area contributed by atoms with E-state index in [0.29, 0.717) is 0 Å². The molecule has 0 unspecified atom stereocenters. The molecule has 0 amide bonds. The molecule has 0 saturated heterocycles. The zero-order valence-corrected chi connectivity index (χ0v) is 21.9. The topological polar surface area (TPSA) is 91.8 Å². The lowest BCUT2D eigenvalue weighted by Gasteiger charge is -2.24. The summed E-state index contributed by atoms with van der Waals surface area (Å²) in [6.07, 6.45) is -10.7. The molecular formula is C28H23F6NO6. The van der Waals surface area contributed by atoms with E-state index in [-0.39, 0.29) is 29.9 Å². The maximum Gasteiger partial charge on any atom is 0.434 e. The molecule has 0 fully saturated rings. The van der Waals surface area contributed by atoms with Gasteiger partial charge in [-0.2, -0.15) is 26.3 Å². The summed E-state index contributed by atoms with van der Waals surface area (Å²) in [5, 5.41) is 0. The molecule has 1 aromatic heterocycles. The number of carbonyl (C=O) groups is 3. The molecule has 7 nitrogen and oxygen atoms in total. The van der Waals surface area contributed by atoms with Gasteiger partial charge in [0.15, 0.2) is 11.4 Å². The first-order valence-electron chi connectivity index (χ1n) is 12.2. The average molecular weight is 583 g/mol. The van der Waals surface area contributed by atoms with Crippen molar-refractivity contribution in [1.82, 2.24) is 4.98 Å². The van der Waals surface area contributed by atoms with Gasteiger partial charge in [-0.25, -0.2) is 19.4 Å². The van der Waals surface area contributed by atoms with Crippen LogP contribution in [0, 0.1) is 0 Å². The molecule has 0 saturated carbocycles. The summed E-state index contributed by atoms with van der Waals surface area (Å²) in [6.45, 7) is 3.93. The number of aromatic nitrogens is 1. The zero-order valence-electron chi connectivity index (χ0n) is 21.9. The number of halogens is 6. The molecule has 0 aliphatic carbocycles. The zero-order chi connectivity index (χ0) is 30.5. The third-order valence-corrected chi connectivity index (χ3v) is 5.59. The summed E-state index contributed by atoms with van der Waals surface area (Å²) in [5.41, 5.74) is -8.09. The van der Waals surface area contributed by atoms with E-state index in [9.17, 15) is 40.7 Å². The standard InChI is InChI=1S/C28H23F6NO6/c1-4-39-24(36)17-11-7-15(8-12-17)19-20(16-9-13-18(14-10-16)25(37)40-5-2)23(28(32,33)34)35-22(26(38)41-6-3)21(19)27(29,30)31/h7-14H,4-6H2,1-3H3. The van der Waals surface area contributed by atoms with Gasteiger partial charge in [-0.1, -0.05) is 24.3 Å². The number of alkyl halides is 6. The highest BCUT2D eigenvalue weighted by atomic mass is 19.4. The van der Waals surface area contributed by atoms with Crippen LogP contribution < -0.4 is 0 Å². The minimum atomic E-state index is -5.38. The molecule has 0 atom stereocenters. The summed E-state index contributed by atoms with van der Waals surface area (Å²) in [4.78, 5) is 39.9. The van der Waals surface area contributed by atoms with E-state index in [1.54, 1.807) is 0 Å². The monoisotopic (exact) mass is 583 g/mol. The molecule has 2 aromatic carbocycles. The van der Waals surface area contributed by atoms with Crippen molar-refractivity contribution in [2.75, 3.05) is 19.8 Å². The van der Waals surface area contributed by atoms with Crippen LogP contribution in [-0.4, -0.2) is 42.7 Å². The van der Waals surface area contributed by atoms with E-state index >= 15 is 0 Å². The number of pyridine rings is 1. The van der Waals surface area contributed by atoms with Crippen LogP contribution in [0.2, 0.25) is 0 Å². The molecule has 0 spiro atoms. The van der Waals surface area contributed by atoms with Crippen molar-refractivity contribution in [3.8, 4) is 22.3 Å². The second-order valence-corrected chi connectivity index (χ2v) is 8.25. The van der Waals surface area contributed by atoms with E-state index in [1.165, 1.54) is 20.8 Å². The third-order valence-electron chi connectivity index (χ3n) is 5.59. The Morgan fingerprint density at radius 2 is 1.00 bits per heavy atom. The smallest absolute Gasteiger partial charge is 0.434 e. The van der Waals surface area contributed by atoms with Gasteiger partial charge in [0, 0.05) is 11.1 Å². The number of hydrogen-bond donors (Lipinski definition) is 0. The Labute approximate surface area is 230 Å². The van der Waals surface area contributed by atoms with Crippen molar-refractivity contribution < 1.29 is 54.9 Å². The van der Waals surface area contributed by atoms with E-state index in [0.717, 1.165) is 48.5 Å². The summed E-state index contributed by atoms with van der Waals surface area (Å²) < 4.78 is 101. The van der Waals surface area contributed by atoms with E-state index in [4.69, 9.17) is 9.47 Å². The fourth-order valence-corrected chi connectivity index (χ4v) is 3.96. The van der Waals surface area contributed by atoms with E-state index in [1.807, 2.05) is 0 Å². The molecule has 0 radical (unpaired) electrons. The molecule has 41 heavy (non-hydrogen) atoms. The van der Waals surface area contributed by atoms with Crippen molar-refractivity contribution in [1.29, 1.82) is 0 Å². The molecule has 13 heteroatoms. The Balaban J connectivity index is 2.48. The molecule has 0 N–H and O–H groups in total. The second-order valence-electron chi connectivity index (χ2n) is 8.25. The highest BCUT2D eigenvalue weighted by molar-refractivity contribution is 5.98. The average Bonchev–Trinajstić information content (AvgIpc) is 2.91. The normalized spacial score (nSPS) is 11.6. The summed E-state index contributed by atoms with van der Waals surface area (Å²) in [5.74, 6) is -3.31. The number of esters is 3. The minimum absolute atomic E-state index is 0.00689. The first-order valence-corrected chi connectivity index (χ1v) is 12.2. The first-order chi connectivity index (χ1) is 19.2. The lowest BCUT2D eigenvalue weighted by atomic mass is 9.87. The van der Waals surface area contributed by atoms with E-state index in [2.05, 4.69) is 9.72 Å². The third kappa shape index (κ3) is 6.84. The number of nitrogens with zero attached hydrogens (tertiary/aromatic N) is 1. The summed E-state index contributed by atoms with van der Waals surface area (Å²) in [7, 11) is 0. The fourth-order valence-electron chi connectivity index (χ4n) is 3.96. The van der Waals surface area contributed by atoms with Gasteiger partial charge in [0.2, 0.25) is 0 Å². The van der Waals surface area contributed by atoms with Gasteiger partial charge in [-0.3, -0.25) is 0 Å². The van der Waals surface area contributed by atoms with Gasteiger partial charge in [0.25, 0.3) is 0 Å². The second kappa shape index (κ2) is 12.4. The Morgan fingerprint density at radius 3 is 1.37 bits per heavy atom. The number of ether oxygens (including phenoxy) is 3. The maximum absolute atomic E-state index is 14.6. The van der Waals surface area contributed by atoms with Crippen LogP contribution in [0.1, 0.15) is 63.2 Å². The van der Waals surface area contributed by atoms with Crippen LogP contribution in [0.4, 0.5) is 26.3 Å². The van der Waals surface area contributed by atoms with Crippen molar-refractivity contribution in [2.24, 2.45) is 0 Å². The summed E-state index contributed by atoms with van der Waals surface area (Å²) in [6, 6.07) is 8.38. The largest absolute Gasteiger partial charge is 0.462 e. The lowest BCUT2D eigenvalue weighted by Crippen LogP contribution is -2.23. The van der Waals surface area contributed by atoms with Crippen LogP contribution in [-0.2, 0) is 26.6 Å². The minimum Gasteiger partial charge on any atom is -0.462 e. The highest BCUT2D eigenvalue weighted by Crippen LogP contribution is 2.48. The predicted molar refractivity (Wildman–Crippen MR) is 133 cm³/mol. The van der Waals surface area contributed by atoms with Gasteiger partial charge < -0.3 is 14.2 Å².